The van der Waals surface area contributed by atoms with Crippen LogP contribution in [-0.2, 0) is 0 Å². The summed E-state index contributed by atoms with van der Waals surface area (Å²) >= 11 is 1.75. The van der Waals surface area contributed by atoms with E-state index in [1.165, 1.54) is 25.9 Å². The van der Waals surface area contributed by atoms with Crippen LogP contribution in [0.3, 0.4) is 0 Å². The maximum atomic E-state index is 4.56. The number of likely N-dealkylation sites (tertiary alicyclic amines) is 1. The van der Waals surface area contributed by atoms with Crippen LogP contribution >= 0.6 is 11.3 Å². The molecule has 2 rings (SSSR count). The smallest absolute Gasteiger partial charge is 0.185 e. The molecule has 2 heterocycles. The zero-order valence-electron chi connectivity index (χ0n) is 12.0. The van der Waals surface area contributed by atoms with Gasteiger partial charge in [-0.3, -0.25) is 0 Å². The molecular formula is C14H25N3S. The van der Waals surface area contributed by atoms with Gasteiger partial charge in [0.1, 0.15) is 0 Å². The van der Waals surface area contributed by atoms with E-state index in [9.17, 15) is 0 Å². The molecule has 1 aliphatic rings. The fourth-order valence-electron chi connectivity index (χ4n) is 2.70. The average molecular weight is 267 g/mol. The van der Waals surface area contributed by atoms with Crippen molar-refractivity contribution in [3.63, 3.8) is 0 Å². The zero-order chi connectivity index (χ0) is 13.1. The molecule has 0 aliphatic carbocycles. The molecule has 0 amide bonds. The highest BCUT2D eigenvalue weighted by Gasteiger charge is 2.23. The molecule has 0 saturated carbocycles. The molecule has 1 aliphatic heterocycles. The van der Waals surface area contributed by atoms with Crippen molar-refractivity contribution in [2.24, 2.45) is 5.92 Å². The van der Waals surface area contributed by atoms with E-state index in [4.69, 9.17) is 0 Å². The Balaban J connectivity index is 1.89. The molecule has 1 fully saturated rings. The first kappa shape index (κ1) is 13.8. The summed E-state index contributed by atoms with van der Waals surface area (Å²) in [5, 5.41) is 3.29. The Labute approximate surface area is 115 Å². The largest absolute Gasteiger partial charge is 0.351 e. The number of thiazole rings is 1. The Morgan fingerprint density at radius 3 is 2.94 bits per heavy atom. The van der Waals surface area contributed by atoms with E-state index in [1.807, 2.05) is 0 Å². The van der Waals surface area contributed by atoms with E-state index >= 15 is 0 Å². The van der Waals surface area contributed by atoms with E-state index < -0.39 is 0 Å². The second-order valence-electron chi connectivity index (χ2n) is 5.75. The number of anilines is 1. The van der Waals surface area contributed by atoms with E-state index in [1.54, 1.807) is 11.3 Å². The normalized spacial score (nSPS) is 21.5. The van der Waals surface area contributed by atoms with Crippen molar-refractivity contribution in [3.8, 4) is 0 Å². The van der Waals surface area contributed by atoms with Gasteiger partial charge in [-0.15, -0.1) is 11.3 Å². The molecule has 1 unspecified atom stereocenters. The molecule has 1 atom stereocenters. The van der Waals surface area contributed by atoms with Gasteiger partial charge in [-0.05, 0) is 46.1 Å². The van der Waals surface area contributed by atoms with Crippen LogP contribution in [0.5, 0.6) is 0 Å². The number of nitrogens with zero attached hydrogens (tertiary/aromatic N) is 3. The summed E-state index contributed by atoms with van der Waals surface area (Å²) in [4.78, 5) is 9.49. The molecule has 0 N–H and O–H groups in total. The summed E-state index contributed by atoms with van der Waals surface area (Å²) in [6.45, 7) is 10.3. The molecule has 0 radical (unpaired) electrons. The molecule has 1 saturated heterocycles. The predicted octanol–water partition coefficient (Wildman–Crippen LogP) is 3.01. The Hall–Kier alpha value is -0.610. The van der Waals surface area contributed by atoms with Gasteiger partial charge in [-0.25, -0.2) is 4.98 Å². The van der Waals surface area contributed by atoms with Crippen molar-refractivity contribution < 1.29 is 0 Å². The lowest BCUT2D eigenvalue weighted by Crippen LogP contribution is -2.43. The number of hydrogen-bond donors (Lipinski definition) is 0. The van der Waals surface area contributed by atoms with Crippen LogP contribution in [-0.4, -0.2) is 42.6 Å². The van der Waals surface area contributed by atoms with Gasteiger partial charge < -0.3 is 9.80 Å². The first-order valence-electron chi connectivity index (χ1n) is 6.93. The lowest BCUT2D eigenvalue weighted by atomic mass is 9.96. The summed E-state index contributed by atoms with van der Waals surface area (Å²) in [6, 6.07) is 0.681. The minimum absolute atomic E-state index is 0.681. The molecule has 4 heteroatoms. The van der Waals surface area contributed by atoms with E-state index in [0.29, 0.717) is 6.04 Å². The SMILES string of the molecule is Cc1csc(N(C)CC2CCCN(C(C)C)C2)n1. The van der Waals surface area contributed by atoms with Crippen LogP contribution in [0.1, 0.15) is 32.4 Å². The van der Waals surface area contributed by atoms with Gasteiger partial charge in [-0.2, -0.15) is 0 Å². The highest BCUT2D eigenvalue weighted by molar-refractivity contribution is 7.13. The minimum Gasteiger partial charge on any atom is -0.351 e. The van der Waals surface area contributed by atoms with Crippen molar-refractivity contribution in [1.29, 1.82) is 0 Å². The molecule has 102 valence electrons. The highest BCUT2D eigenvalue weighted by atomic mass is 32.1. The second kappa shape index (κ2) is 6.02. The number of hydrogen-bond acceptors (Lipinski definition) is 4. The Bertz CT molecular complexity index is 375. The van der Waals surface area contributed by atoms with Gasteiger partial charge >= 0.3 is 0 Å². The summed E-state index contributed by atoms with van der Waals surface area (Å²) in [7, 11) is 2.17. The monoisotopic (exact) mass is 267 g/mol. The van der Waals surface area contributed by atoms with Crippen LogP contribution in [0.15, 0.2) is 5.38 Å². The predicted molar refractivity (Wildman–Crippen MR) is 79.6 cm³/mol. The third-order valence-corrected chi connectivity index (χ3v) is 4.82. The molecule has 1 aromatic heterocycles. The standard InChI is InChI=1S/C14H25N3S/c1-11(2)17-7-5-6-13(9-17)8-16(4)14-15-12(3)10-18-14/h10-11,13H,5-9H2,1-4H3. The van der Waals surface area contributed by atoms with Crippen LogP contribution in [0.2, 0.25) is 0 Å². The van der Waals surface area contributed by atoms with Gasteiger partial charge in [0.2, 0.25) is 0 Å². The Morgan fingerprint density at radius 1 is 1.56 bits per heavy atom. The molecule has 0 bridgehead atoms. The molecule has 1 aromatic rings. The summed E-state index contributed by atoms with van der Waals surface area (Å²) in [6.07, 6.45) is 2.70. The second-order valence-corrected chi connectivity index (χ2v) is 6.59. The zero-order valence-corrected chi connectivity index (χ0v) is 12.8. The molecule has 0 aromatic carbocycles. The van der Waals surface area contributed by atoms with Crippen LogP contribution in [0.25, 0.3) is 0 Å². The number of rotatable bonds is 4. The fraction of sp³-hybridized carbons (Fsp3) is 0.786. The Kier molecular flexibility index (Phi) is 4.62. The van der Waals surface area contributed by atoms with Gasteiger partial charge in [0.05, 0.1) is 5.69 Å². The molecule has 0 spiro atoms. The molecule has 3 nitrogen and oxygen atoms in total. The third kappa shape index (κ3) is 3.45. The summed E-state index contributed by atoms with van der Waals surface area (Å²) < 4.78 is 0. The lowest BCUT2D eigenvalue weighted by Gasteiger charge is -2.36. The first-order chi connectivity index (χ1) is 8.56. The van der Waals surface area contributed by atoms with Crippen molar-refractivity contribution in [1.82, 2.24) is 9.88 Å². The lowest BCUT2D eigenvalue weighted by molar-refractivity contribution is 0.142. The van der Waals surface area contributed by atoms with Crippen molar-refractivity contribution in [2.75, 3.05) is 31.6 Å². The summed E-state index contributed by atoms with van der Waals surface area (Å²) in [5.41, 5.74) is 1.13. The fourth-order valence-corrected chi connectivity index (χ4v) is 3.48. The maximum absolute atomic E-state index is 4.56. The number of aryl methyl sites for hydroxylation is 1. The van der Waals surface area contributed by atoms with Gasteiger partial charge in [-0.1, -0.05) is 0 Å². The van der Waals surface area contributed by atoms with Crippen LogP contribution < -0.4 is 4.90 Å². The van der Waals surface area contributed by atoms with Crippen molar-refractivity contribution in [2.45, 2.75) is 39.7 Å². The highest BCUT2D eigenvalue weighted by Crippen LogP contribution is 2.23. The van der Waals surface area contributed by atoms with Crippen LogP contribution in [0.4, 0.5) is 5.13 Å². The third-order valence-electron chi connectivity index (χ3n) is 3.75. The molecular weight excluding hydrogens is 242 g/mol. The number of aromatic nitrogens is 1. The van der Waals surface area contributed by atoms with Gasteiger partial charge in [0, 0.05) is 31.6 Å². The average Bonchev–Trinajstić information content (AvgIpc) is 2.76. The summed E-state index contributed by atoms with van der Waals surface area (Å²) in [5.74, 6) is 0.787. The first-order valence-corrected chi connectivity index (χ1v) is 7.81. The molecule has 18 heavy (non-hydrogen) atoms. The van der Waals surface area contributed by atoms with E-state index in [2.05, 4.69) is 48.0 Å². The van der Waals surface area contributed by atoms with Gasteiger partial charge in [0.25, 0.3) is 0 Å². The minimum atomic E-state index is 0.681. The van der Waals surface area contributed by atoms with Crippen molar-refractivity contribution >= 4 is 16.5 Å². The quantitative estimate of drug-likeness (QED) is 0.836. The van der Waals surface area contributed by atoms with E-state index in [-0.39, 0.29) is 0 Å². The topological polar surface area (TPSA) is 19.4 Å². The number of piperidine rings is 1. The Morgan fingerprint density at radius 2 is 2.33 bits per heavy atom. The van der Waals surface area contributed by atoms with Gasteiger partial charge in [0.15, 0.2) is 5.13 Å². The van der Waals surface area contributed by atoms with Crippen molar-refractivity contribution in [3.05, 3.63) is 11.1 Å². The maximum Gasteiger partial charge on any atom is 0.185 e. The van der Waals surface area contributed by atoms with Crippen LogP contribution in [0, 0.1) is 12.8 Å². The van der Waals surface area contributed by atoms with E-state index in [0.717, 1.165) is 23.3 Å².